The molecule has 8 rings (SSSR count). The zero-order valence-corrected chi connectivity index (χ0v) is 30.0. The Labute approximate surface area is 300 Å². The van der Waals surface area contributed by atoms with Gasteiger partial charge in [-0.1, -0.05) is 109 Å². The van der Waals surface area contributed by atoms with E-state index in [1.54, 1.807) is 0 Å². The van der Waals surface area contributed by atoms with Crippen LogP contribution in [0.25, 0.3) is 67.3 Å². The fourth-order valence-electron chi connectivity index (χ4n) is 6.94. The lowest BCUT2D eigenvalue weighted by Crippen LogP contribution is -2.41. The molecule has 2 aromatic heterocycles. The molecular formula is C44H41BN4O2. The number of nitrogens with zero attached hydrogens (tertiary/aromatic N) is 4. The van der Waals surface area contributed by atoms with E-state index in [0.717, 1.165) is 72.7 Å². The van der Waals surface area contributed by atoms with Gasteiger partial charge in [0.05, 0.1) is 11.2 Å². The molecule has 0 atom stereocenters. The Bertz CT molecular complexity index is 2190. The highest BCUT2D eigenvalue weighted by molar-refractivity contribution is 6.62. The number of benzene rings is 5. The van der Waals surface area contributed by atoms with Crippen LogP contribution in [0, 0.1) is 0 Å². The minimum Gasteiger partial charge on any atom is -0.399 e. The maximum Gasteiger partial charge on any atom is 0.494 e. The van der Waals surface area contributed by atoms with Gasteiger partial charge >= 0.3 is 7.12 Å². The summed E-state index contributed by atoms with van der Waals surface area (Å²) in [5, 5.41) is 0. The molecule has 1 fully saturated rings. The van der Waals surface area contributed by atoms with Crippen LogP contribution in [0.1, 0.15) is 27.7 Å². The van der Waals surface area contributed by atoms with Crippen LogP contribution in [0.4, 0.5) is 0 Å². The Kier molecular flexibility index (Phi) is 8.13. The van der Waals surface area contributed by atoms with Gasteiger partial charge in [-0.2, -0.15) is 0 Å². The highest BCUT2D eigenvalue weighted by atomic mass is 16.7. The van der Waals surface area contributed by atoms with Crippen LogP contribution in [0.2, 0.25) is 0 Å². The predicted molar refractivity (Wildman–Crippen MR) is 208 cm³/mol. The lowest BCUT2D eigenvalue weighted by Gasteiger charge is -2.32. The monoisotopic (exact) mass is 668 g/mol. The lowest BCUT2D eigenvalue weighted by atomic mass is 9.75. The van der Waals surface area contributed by atoms with E-state index < -0.39 is 18.3 Å². The molecule has 1 aliphatic heterocycles. The van der Waals surface area contributed by atoms with Crippen molar-refractivity contribution in [2.24, 2.45) is 14.1 Å². The second-order valence-electron chi connectivity index (χ2n) is 14.4. The standard InChI is InChI=1S/C44H41BN4O2/c1-43(2)44(3,4)51-45(50-43)36-28-34(39-13-9-7-11-37(39)30-15-19-32(20-16-30)41-46-23-25-48(41)5)27-35(29-36)40-14-10-8-12-38(40)31-17-21-33(22-18-31)42-47-24-26-49(42)6/h7-29H,1-6H3. The molecule has 6 nitrogen and oxygen atoms in total. The SMILES string of the molecule is Cn1ccnc1-c1ccc(-c2ccccc2-c2cc(B3OC(C)(C)C(C)(C)O3)cc(-c3ccccc3-c3ccc(-c4nccn4C)cc3)c2)cc1. The van der Waals surface area contributed by atoms with E-state index in [1.807, 2.05) is 48.0 Å². The number of hydrogen-bond donors (Lipinski definition) is 0. The first-order chi connectivity index (χ1) is 24.6. The summed E-state index contributed by atoms with van der Waals surface area (Å²) < 4.78 is 17.4. The molecule has 7 aromatic rings. The zero-order chi connectivity index (χ0) is 35.3. The minimum absolute atomic E-state index is 0.465. The van der Waals surface area contributed by atoms with Gasteiger partial charge in [0.15, 0.2) is 0 Å². The van der Waals surface area contributed by atoms with Crippen molar-refractivity contribution in [1.82, 2.24) is 19.1 Å². The van der Waals surface area contributed by atoms with Crippen molar-refractivity contribution in [2.75, 3.05) is 0 Å². The highest BCUT2D eigenvalue weighted by Gasteiger charge is 2.51. The summed E-state index contributed by atoms with van der Waals surface area (Å²) in [7, 11) is 3.53. The fourth-order valence-corrected chi connectivity index (χ4v) is 6.94. The normalized spacial score (nSPS) is 15.0. The van der Waals surface area contributed by atoms with Crippen molar-refractivity contribution in [2.45, 2.75) is 38.9 Å². The summed E-state index contributed by atoms with van der Waals surface area (Å²) in [6.45, 7) is 8.41. The topological polar surface area (TPSA) is 54.1 Å². The van der Waals surface area contributed by atoms with Gasteiger partial charge < -0.3 is 18.4 Å². The molecule has 7 heteroatoms. The van der Waals surface area contributed by atoms with Gasteiger partial charge in [-0.05, 0) is 83.7 Å². The van der Waals surface area contributed by atoms with Gasteiger partial charge in [-0.25, -0.2) is 9.97 Å². The Morgan fingerprint density at radius 3 is 1.18 bits per heavy atom. The largest absolute Gasteiger partial charge is 0.494 e. The third kappa shape index (κ3) is 6.03. The Hall–Kier alpha value is -5.50. The van der Waals surface area contributed by atoms with Crippen molar-refractivity contribution in [3.63, 3.8) is 0 Å². The lowest BCUT2D eigenvalue weighted by molar-refractivity contribution is 0.00578. The van der Waals surface area contributed by atoms with Gasteiger partial charge in [0, 0.05) is 50.0 Å². The molecule has 0 saturated carbocycles. The molecule has 0 unspecified atom stereocenters. The van der Waals surface area contributed by atoms with E-state index in [4.69, 9.17) is 9.31 Å². The van der Waals surface area contributed by atoms with Gasteiger partial charge in [0.1, 0.15) is 11.6 Å². The number of aromatic nitrogens is 4. The molecule has 3 heterocycles. The Morgan fingerprint density at radius 1 is 0.471 bits per heavy atom. The van der Waals surface area contributed by atoms with Gasteiger partial charge in [-0.15, -0.1) is 0 Å². The zero-order valence-electron chi connectivity index (χ0n) is 30.0. The van der Waals surface area contributed by atoms with Crippen LogP contribution in [0.5, 0.6) is 0 Å². The van der Waals surface area contributed by atoms with Crippen molar-refractivity contribution >= 4 is 12.6 Å². The summed E-state index contributed by atoms with van der Waals surface area (Å²) in [6.07, 6.45) is 7.61. The Morgan fingerprint density at radius 2 is 0.824 bits per heavy atom. The number of aryl methyl sites for hydroxylation is 2. The molecule has 5 aromatic carbocycles. The van der Waals surface area contributed by atoms with Crippen molar-refractivity contribution in [3.8, 4) is 67.3 Å². The average Bonchev–Trinajstić information content (AvgIpc) is 3.84. The molecule has 0 aliphatic carbocycles. The summed E-state index contributed by atoms with van der Waals surface area (Å²) >= 11 is 0. The molecule has 0 spiro atoms. The van der Waals surface area contributed by atoms with E-state index in [9.17, 15) is 0 Å². The highest BCUT2D eigenvalue weighted by Crippen LogP contribution is 2.40. The minimum atomic E-state index is -0.512. The van der Waals surface area contributed by atoms with Crippen LogP contribution >= 0.6 is 0 Å². The summed E-state index contributed by atoms with van der Waals surface area (Å²) in [5.74, 6) is 1.89. The van der Waals surface area contributed by atoms with E-state index >= 15 is 0 Å². The van der Waals surface area contributed by atoms with Crippen LogP contribution < -0.4 is 5.46 Å². The van der Waals surface area contributed by atoms with Gasteiger partial charge in [0.2, 0.25) is 0 Å². The van der Waals surface area contributed by atoms with Crippen LogP contribution in [-0.2, 0) is 23.4 Å². The second kappa shape index (κ2) is 12.7. The van der Waals surface area contributed by atoms with Crippen LogP contribution in [-0.4, -0.2) is 37.4 Å². The van der Waals surface area contributed by atoms with E-state index in [-0.39, 0.29) is 0 Å². The molecule has 0 amide bonds. The first-order valence-electron chi connectivity index (χ1n) is 17.4. The van der Waals surface area contributed by atoms with Crippen molar-refractivity contribution < 1.29 is 9.31 Å². The van der Waals surface area contributed by atoms with E-state index in [2.05, 4.69) is 153 Å². The average molecular weight is 669 g/mol. The summed E-state index contributed by atoms with van der Waals surface area (Å²) in [5.41, 5.74) is 11.3. The predicted octanol–water partition coefficient (Wildman–Crippen LogP) is 9.45. The second-order valence-corrected chi connectivity index (χ2v) is 14.4. The molecule has 1 aliphatic rings. The maximum atomic E-state index is 6.64. The Balaban J connectivity index is 1.25. The molecule has 0 bridgehead atoms. The quantitative estimate of drug-likeness (QED) is 0.159. The third-order valence-corrected chi connectivity index (χ3v) is 10.5. The fraction of sp³-hybridized carbons (Fsp3) is 0.182. The van der Waals surface area contributed by atoms with Gasteiger partial charge in [0.25, 0.3) is 0 Å². The molecule has 1 saturated heterocycles. The van der Waals surface area contributed by atoms with Gasteiger partial charge in [-0.3, -0.25) is 0 Å². The van der Waals surface area contributed by atoms with Crippen LogP contribution in [0.15, 0.2) is 140 Å². The van der Waals surface area contributed by atoms with E-state index in [0.29, 0.717) is 0 Å². The molecule has 0 radical (unpaired) electrons. The molecule has 51 heavy (non-hydrogen) atoms. The summed E-state index contributed by atoms with van der Waals surface area (Å²) in [4.78, 5) is 9.09. The number of hydrogen-bond acceptors (Lipinski definition) is 4. The first kappa shape index (κ1) is 32.7. The van der Waals surface area contributed by atoms with Crippen molar-refractivity contribution in [1.29, 1.82) is 0 Å². The molecular weight excluding hydrogens is 627 g/mol. The number of rotatable bonds is 7. The molecule has 252 valence electrons. The van der Waals surface area contributed by atoms with Crippen molar-refractivity contribution in [3.05, 3.63) is 140 Å². The van der Waals surface area contributed by atoms with E-state index in [1.165, 1.54) is 0 Å². The third-order valence-electron chi connectivity index (χ3n) is 10.5. The smallest absolute Gasteiger partial charge is 0.399 e. The summed E-state index contributed by atoms with van der Waals surface area (Å²) in [6, 6.07) is 41.3. The first-order valence-corrected chi connectivity index (χ1v) is 17.4. The number of imidazole rings is 2. The maximum absolute atomic E-state index is 6.64. The molecule has 0 N–H and O–H groups in total. The van der Waals surface area contributed by atoms with Crippen LogP contribution in [0.3, 0.4) is 0 Å².